The SMILES string of the molecule is CC(O)C1CCN(c2ncc(C(=O)O)cc2Cl)CC1. The third kappa shape index (κ3) is 3.16. The van der Waals surface area contributed by atoms with Crippen molar-refractivity contribution in [3.63, 3.8) is 0 Å². The van der Waals surface area contributed by atoms with E-state index in [4.69, 9.17) is 16.7 Å². The van der Waals surface area contributed by atoms with Crippen LogP contribution in [-0.2, 0) is 0 Å². The van der Waals surface area contributed by atoms with Crippen LogP contribution in [0.1, 0.15) is 30.1 Å². The average Bonchev–Trinajstić information content (AvgIpc) is 2.38. The van der Waals surface area contributed by atoms with Gasteiger partial charge in [0, 0.05) is 19.3 Å². The molecule has 5 nitrogen and oxygen atoms in total. The van der Waals surface area contributed by atoms with E-state index in [-0.39, 0.29) is 11.7 Å². The number of pyridine rings is 1. The maximum atomic E-state index is 10.8. The number of rotatable bonds is 3. The molecule has 1 aliphatic heterocycles. The zero-order valence-corrected chi connectivity index (χ0v) is 11.5. The molecular weight excluding hydrogens is 268 g/mol. The van der Waals surface area contributed by atoms with E-state index in [1.807, 2.05) is 11.8 Å². The van der Waals surface area contributed by atoms with Crippen molar-refractivity contribution in [2.24, 2.45) is 5.92 Å². The van der Waals surface area contributed by atoms with Crippen LogP contribution in [-0.4, -0.2) is 40.4 Å². The Morgan fingerprint density at radius 3 is 2.63 bits per heavy atom. The number of carboxylic acids is 1. The van der Waals surface area contributed by atoms with Gasteiger partial charge in [0.1, 0.15) is 5.82 Å². The maximum absolute atomic E-state index is 10.8. The predicted molar refractivity (Wildman–Crippen MR) is 72.8 cm³/mol. The van der Waals surface area contributed by atoms with Crippen LogP contribution in [0.4, 0.5) is 5.82 Å². The number of aromatic carboxylic acids is 1. The zero-order valence-electron chi connectivity index (χ0n) is 10.7. The van der Waals surface area contributed by atoms with Gasteiger partial charge in [0.25, 0.3) is 0 Å². The number of piperidine rings is 1. The van der Waals surface area contributed by atoms with Crippen LogP contribution in [0, 0.1) is 5.92 Å². The Kier molecular flexibility index (Phi) is 4.27. The number of carboxylic acid groups (broad SMARTS) is 1. The molecule has 1 saturated heterocycles. The Morgan fingerprint density at radius 2 is 2.16 bits per heavy atom. The largest absolute Gasteiger partial charge is 0.478 e. The summed E-state index contributed by atoms with van der Waals surface area (Å²) in [4.78, 5) is 17.0. The van der Waals surface area contributed by atoms with Crippen LogP contribution in [0.25, 0.3) is 0 Å². The number of anilines is 1. The first-order chi connectivity index (χ1) is 8.99. The van der Waals surface area contributed by atoms with E-state index in [0.717, 1.165) is 25.9 Å². The van der Waals surface area contributed by atoms with Crippen LogP contribution in [0.2, 0.25) is 5.02 Å². The highest BCUT2D eigenvalue weighted by molar-refractivity contribution is 6.33. The summed E-state index contributed by atoms with van der Waals surface area (Å²) < 4.78 is 0. The summed E-state index contributed by atoms with van der Waals surface area (Å²) in [5.41, 5.74) is 0.0904. The Balaban J connectivity index is 2.09. The molecule has 2 heterocycles. The van der Waals surface area contributed by atoms with Gasteiger partial charge in [0.05, 0.1) is 16.7 Å². The van der Waals surface area contributed by atoms with Gasteiger partial charge in [-0.3, -0.25) is 0 Å². The van der Waals surface area contributed by atoms with E-state index in [9.17, 15) is 9.90 Å². The molecule has 0 saturated carbocycles. The minimum Gasteiger partial charge on any atom is -0.478 e. The molecule has 0 spiro atoms. The Hall–Kier alpha value is -1.33. The molecule has 2 N–H and O–H groups in total. The number of nitrogens with zero attached hydrogens (tertiary/aromatic N) is 2. The molecule has 19 heavy (non-hydrogen) atoms. The summed E-state index contributed by atoms with van der Waals surface area (Å²) in [5, 5.41) is 18.8. The maximum Gasteiger partial charge on any atom is 0.337 e. The van der Waals surface area contributed by atoms with Crippen molar-refractivity contribution in [3.05, 3.63) is 22.8 Å². The van der Waals surface area contributed by atoms with Gasteiger partial charge >= 0.3 is 5.97 Å². The molecule has 1 aromatic rings. The molecule has 104 valence electrons. The first kappa shape index (κ1) is 14.1. The zero-order chi connectivity index (χ0) is 14.0. The Labute approximate surface area is 116 Å². The lowest BCUT2D eigenvalue weighted by Crippen LogP contribution is -2.37. The predicted octanol–water partition coefficient (Wildman–Crippen LogP) is 2.03. The molecule has 1 aromatic heterocycles. The molecule has 1 unspecified atom stereocenters. The molecule has 0 aromatic carbocycles. The summed E-state index contributed by atoms with van der Waals surface area (Å²) in [6.45, 7) is 3.36. The van der Waals surface area contributed by atoms with Crippen molar-refractivity contribution in [3.8, 4) is 0 Å². The molecule has 0 bridgehead atoms. The molecule has 1 fully saturated rings. The monoisotopic (exact) mass is 284 g/mol. The van der Waals surface area contributed by atoms with Gasteiger partial charge in [-0.25, -0.2) is 9.78 Å². The second-order valence-electron chi connectivity index (χ2n) is 4.90. The minimum absolute atomic E-state index is 0.0904. The first-order valence-corrected chi connectivity index (χ1v) is 6.68. The molecule has 1 atom stereocenters. The van der Waals surface area contributed by atoms with E-state index in [0.29, 0.717) is 16.8 Å². The van der Waals surface area contributed by atoms with Crippen LogP contribution in [0.3, 0.4) is 0 Å². The van der Waals surface area contributed by atoms with Gasteiger partial charge < -0.3 is 15.1 Å². The van der Waals surface area contributed by atoms with Crippen LogP contribution >= 0.6 is 11.6 Å². The lowest BCUT2D eigenvalue weighted by molar-refractivity contribution is 0.0696. The van der Waals surface area contributed by atoms with E-state index < -0.39 is 5.97 Å². The van der Waals surface area contributed by atoms with Crippen molar-refractivity contribution in [2.45, 2.75) is 25.9 Å². The lowest BCUT2D eigenvalue weighted by atomic mass is 9.92. The van der Waals surface area contributed by atoms with E-state index in [2.05, 4.69) is 4.98 Å². The fraction of sp³-hybridized carbons (Fsp3) is 0.538. The summed E-state index contributed by atoms with van der Waals surface area (Å²) in [7, 11) is 0. The molecule has 6 heteroatoms. The topological polar surface area (TPSA) is 73.7 Å². The molecule has 1 aliphatic rings. The average molecular weight is 285 g/mol. The molecule has 0 amide bonds. The summed E-state index contributed by atoms with van der Waals surface area (Å²) in [6.07, 6.45) is 2.80. The molecule has 0 radical (unpaired) electrons. The number of aromatic nitrogens is 1. The fourth-order valence-corrected chi connectivity index (χ4v) is 2.66. The van der Waals surface area contributed by atoms with E-state index >= 15 is 0 Å². The molecule has 0 aliphatic carbocycles. The highest BCUT2D eigenvalue weighted by Crippen LogP contribution is 2.29. The number of aliphatic hydroxyl groups is 1. The van der Waals surface area contributed by atoms with Crippen molar-refractivity contribution in [1.82, 2.24) is 4.98 Å². The lowest BCUT2D eigenvalue weighted by Gasteiger charge is -2.34. The summed E-state index contributed by atoms with van der Waals surface area (Å²) >= 11 is 6.09. The van der Waals surface area contributed by atoms with Gasteiger partial charge in [-0.05, 0) is 31.7 Å². The highest BCUT2D eigenvalue weighted by atomic mass is 35.5. The first-order valence-electron chi connectivity index (χ1n) is 6.31. The second-order valence-corrected chi connectivity index (χ2v) is 5.31. The van der Waals surface area contributed by atoms with Gasteiger partial charge in [-0.2, -0.15) is 0 Å². The van der Waals surface area contributed by atoms with Crippen molar-refractivity contribution in [1.29, 1.82) is 0 Å². The molecular formula is C13H17ClN2O3. The van der Waals surface area contributed by atoms with Crippen molar-refractivity contribution >= 4 is 23.4 Å². The number of halogens is 1. The standard InChI is InChI=1S/C13H17ClN2O3/c1-8(17)9-2-4-16(5-3-9)12-11(14)6-10(7-15-12)13(18)19/h6-9,17H,2-5H2,1H3,(H,18,19). The van der Waals surface area contributed by atoms with Crippen LogP contribution in [0.5, 0.6) is 0 Å². The second kappa shape index (κ2) is 5.75. The Bertz CT molecular complexity index is 471. The van der Waals surface area contributed by atoms with Crippen LogP contribution < -0.4 is 4.90 Å². The van der Waals surface area contributed by atoms with Gasteiger partial charge in [-0.1, -0.05) is 11.6 Å². The number of carbonyl (C=O) groups is 1. The fourth-order valence-electron chi connectivity index (χ4n) is 2.37. The van der Waals surface area contributed by atoms with Crippen molar-refractivity contribution < 1.29 is 15.0 Å². The third-order valence-electron chi connectivity index (χ3n) is 3.59. The van der Waals surface area contributed by atoms with Crippen LogP contribution in [0.15, 0.2) is 12.3 Å². The number of hydrogen-bond donors (Lipinski definition) is 2. The minimum atomic E-state index is -1.03. The van der Waals surface area contributed by atoms with E-state index in [1.165, 1.54) is 12.3 Å². The third-order valence-corrected chi connectivity index (χ3v) is 3.87. The number of aliphatic hydroxyl groups excluding tert-OH is 1. The van der Waals surface area contributed by atoms with E-state index in [1.54, 1.807) is 0 Å². The normalized spacial score (nSPS) is 18.4. The number of hydrogen-bond acceptors (Lipinski definition) is 4. The summed E-state index contributed by atoms with van der Waals surface area (Å²) in [5.74, 6) is -0.0993. The van der Waals surface area contributed by atoms with Crippen molar-refractivity contribution in [2.75, 3.05) is 18.0 Å². The highest BCUT2D eigenvalue weighted by Gasteiger charge is 2.24. The summed E-state index contributed by atoms with van der Waals surface area (Å²) in [6, 6.07) is 1.42. The van der Waals surface area contributed by atoms with Gasteiger partial charge in [0.15, 0.2) is 0 Å². The van der Waals surface area contributed by atoms with Gasteiger partial charge in [0.2, 0.25) is 0 Å². The molecule has 2 rings (SSSR count). The smallest absolute Gasteiger partial charge is 0.337 e. The van der Waals surface area contributed by atoms with Gasteiger partial charge in [-0.15, -0.1) is 0 Å². The quantitative estimate of drug-likeness (QED) is 0.888. The Morgan fingerprint density at radius 1 is 1.53 bits per heavy atom.